The standard InChI is InChI=1S/C21H29N3OS/c1-4-23-11-9-19(10-12-23)24(15-20-6-5-13-26-20)21(25)22-18-8-7-16(2)17(3)14-18/h5-8,13-14,19H,4,9-12,15H2,1-3H3,(H,22,25). The van der Waals surface area contributed by atoms with E-state index in [2.05, 4.69) is 60.6 Å². The van der Waals surface area contributed by atoms with Crippen molar-refractivity contribution in [1.29, 1.82) is 0 Å². The molecule has 1 N–H and O–H groups in total. The molecule has 2 heterocycles. The molecular weight excluding hydrogens is 342 g/mol. The Morgan fingerprint density at radius 3 is 2.62 bits per heavy atom. The SMILES string of the molecule is CCN1CCC(N(Cc2cccs2)C(=O)Nc2ccc(C)c(C)c2)CC1. The maximum atomic E-state index is 13.1. The molecule has 4 nitrogen and oxygen atoms in total. The van der Waals surface area contributed by atoms with Crippen LogP contribution in [0.25, 0.3) is 0 Å². The molecule has 1 aromatic carbocycles. The average Bonchev–Trinajstić information content (AvgIpc) is 3.16. The van der Waals surface area contributed by atoms with Crippen molar-refractivity contribution in [2.24, 2.45) is 0 Å². The molecule has 1 aliphatic rings. The molecule has 0 saturated carbocycles. The number of rotatable bonds is 5. The van der Waals surface area contributed by atoms with Crippen molar-refractivity contribution in [3.8, 4) is 0 Å². The summed E-state index contributed by atoms with van der Waals surface area (Å²) >= 11 is 1.72. The monoisotopic (exact) mass is 371 g/mol. The molecule has 0 aliphatic carbocycles. The average molecular weight is 372 g/mol. The van der Waals surface area contributed by atoms with Crippen LogP contribution < -0.4 is 5.32 Å². The van der Waals surface area contributed by atoms with E-state index in [9.17, 15) is 4.79 Å². The fourth-order valence-corrected chi connectivity index (χ4v) is 4.20. The van der Waals surface area contributed by atoms with Gasteiger partial charge in [-0.1, -0.05) is 19.1 Å². The highest BCUT2D eigenvalue weighted by molar-refractivity contribution is 7.09. The Hall–Kier alpha value is -1.85. The van der Waals surface area contributed by atoms with E-state index >= 15 is 0 Å². The van der Waals surface area contributed by atoms with Crippen LogP contribution in [0.3, 0.4) is 0 Å². The van der Waals surface area contributed by atoms with Crippen LogP contribution in [0.5, 0.6) is 0 Å². The summed E-state index contributed by atoms with van der Waals surface area (Å²) in [5.41, 5.74) is 3.31. The number of thiophene rings is 1. The molecule has 1 saturated heterocycles. The maximum Gasteiger partial charge on any atom is 0.322 e. The third-order valence-corrected chi connectivity index (χ3v) is 6.23. The Labute approximate surface area is 160 Å². The summed E-state index contributed by atoms with van der Waals surface area (Å²) in [6.07, 6.45) is 2.08. The number of piperidine rings is 1. The minimum absolute atomic E-state index is 0.0107. The van der Waals surface area contributed by atoms with Gasteiger partial charge in [0, 0.05) is 29.7 Å². The molecule has 0 bridgehead atoms. The van der Waals surface area contributed by atoms with E-state index in [0.29, 0.717) is 12.6 Å². The number of hydrogen-bond donors (Lipinski definition) is 1. The lowest BCUT2D eigenvalue weighted by atomic mass is 10.0. The second-order valence-electron chi connectivity index (χ2n) is 7.10. The summed E-state index contributed by atoms with van der Waals surface area (Å²) in [6.45, 7) is 10.3. The largest absolute Gasteiger partial charge is 0.322 e. The molecule has 2 aromatic rings. The first-order chi connectivity index (χ1) is 12.6. The maximum absolute atomic E-state index is 13.1. The number of nitrogens with zero attached hydrogens (tertiary/aromatic N) is 2. The first-order valence-corrected chi connectivity index (χ1v) is 10.3. The number of carbonyl (C=O) groups is 1. The number of nitrogens with one attached hydrogen (secondary N) is 1. The fourth-order valence-electron chi connectivity index (χ4n) is 3.50. The van der Waals surface area contributed by atoms with Gasteiger partial charge in [-0.25, -0.2) is 4.79 Å². The molecule has 5 heteroatoms. The van der Waals surface area contributed by atoms with Crippen LogP contribution in [0.15, 0.2) is 35.7 Å². The van der Waals surface area contributed by atoms with Crippen molar-refractivity contribution >= 4 is 23.1 Å². The molecule has 1 aliphatic heterocycles. The van der Waals surface area contributed by atoms with Crippen LogP contribution in [0, 0.1) is 13.8 Å². The predicted molar refractivity (Wildman–Crippen MR) is 110 cm³/mol. The summed E-state index contributed by atoms with van der Waals surface area (Å²) < 4.78 is 0. The second kappa shape index (κ2) is 8.69. The smallest absolute Gasteiger partial charge is 0.316 e. The van der Waals surface area contributed by atoms with E-state index < -0.39 is 0 Å². The van der Waals surface area contributed by atoms with Gasteiger partial charge >= 0.3 is 6.03 Å². The van der Waals surface area contributed by atoms with Gasteiger partial charge in [-0.3, -0.25) is 0 Å². The van der Waals surface area contributed by atoms with E-state index in [1.54, 1.807) is 11.3 Å². The summed E-state index contributed by atoms with van der Waals surface area (Å²) in [4.78, 5) is 18.8. The zero-order chi connectivity index (χ0) is 18.5. The number of anilines is 1. The Bertz CT molecular complexity index is 721. The highest BCUT2D eigenvalue weighted by atomic mass is 32.1. The van der Waals surface area contributed by atoms with Crippen molar-refractivity contribution < 1.29 is 4.79 Å². The topological polar surface area (TPSA) is 35.6 Å². The van der Waals surface area contributed by atoms with Crippen molar-refractivity contribution in [1.82, 2.24) is 9.80 Å². The number of hydrogen-bond acceptors (Lipinski definition) is 3. The molecule has 26 heavy (non-hydrogen) atoms. The summed E-state index contributed by atoms with van der Waals surface area (Å²) in [7, 11) is 0. The molecule has 0 spiro atoms. The van der Waals surface area contributed by atoms with Gasteiger partial charge in [0.15, 0.2) is 0 Å². The molecule has 3 rings (SSSR count). The molecule has 0 radical (unpaired) electrons. The van der Waals surface area contributed by atoms with Crippen LogP contribution in [-0.2, 0) is 6.54 Å². The Balaban J connectivity index is 1.73. The van der Waals surface area contributed by atoms with Crippen LogP contribution in [0.4, 0.5) is 10.5 Å². The number of aryl methyl sites for hydroxylation is 2. The lowest BCUT2D eigenvalue weighted by molar-refractivity contribution is 0.127. The van der Waals surface area contributed by atoms with Gasteiger partial charge in [0.1, 0.15) is 0 Å². The zero-order valence-electron chi connectivity index (χ0n) is 16.0. The zero-order valence-corrected chi connectivity index (χ0v) is 16.8. The number of likely N-dealkylation sites (tertiary alicyclic amines) is 1. The van der Waals surface area contributed by atoms with Crippen LogP contribution in [-0.4, -0.2) is 41.5 Å². The Kier molecular flexibility index (Phi) is 6.33. The van der Waals surface area contributed by atoms with E-state index in [1.807, 2.05) is 11.0 Å². The van der Waals surface area contributed by atoms with Crippen LogP contribution in [0.2, 0.25) is 0 Å². The number of benzene rings is 1. The number of carbonyl (C=O) groups excluding carboxylic acids is 1. The molecule has 2 amide bonds. The summed E-state index contributed by atoms with van der Waals surface area (Å²) in [6, 6.07) is 10.6. The molecule has 1 aromatic heterocycles. The number of amides is 2. The Morgan fingerprint density at radius 1 is 1.23 bits per heavy atom. The van der Waals surface area contributed by atoms with Gasteiger partial charge in [-0.15, -0.1) is 11.3 Å². The fraction of sp³-hybridized carbons (Fsp3) is 0.476. The molecule has 1 fully saturated rings. The van der Waals surface area contributed by atoms with E-state index in [1.165, 1.54) is 16.0 Å². The minimum Gasteiger partial charge on any atom is -0.316 e. The van der Waals surface area contributed by atoms with Crippen molar-refractivity contribution in [3.05, 3.63) is 51.7 Å². The van der Waals surface area contributed by atoms with Crippen molar-refractivity contribution in [2.75, 3.05) is 25.0 Å². The molecular formula is C21H29N3OS. The van der Waals surface area contributed by atoms with Gasteiger partial charge in [0.2, 0.25) is 0 Å². The summed E-state index contributed by atoms with van der Waals surface area (Å²) in [5.74, 6) is 0. The van der Waals surface area contributed by atoms with Gasteiger partial charge in [-0.05, 0) is 67.9 Å². The first-order valence-electron chi connectivity index (χ1n) is 9.46. The van der Waals surface area contributed by atoms with Crippen molar-refractivity contribution in [2.45, 2.75) is 46.2 Å². The highest BCUT2D eigenvalue weighted by Gasteiger charge is 2.28. The lowest BCUT2D eigenvalue weighted by Crippen LogP contribution is -2.48. The van der Waals surface area contributed by atoms with E-state index in [-0.39, 0.29) is 6.03 Å². The summed E-state index contributed by atoms with van der Waals surface area (Å²) in [5, 5.41) is 5.20. The second-order valence-corrected chi connectivity index (χ2v) is 8.13. The van der Waals surface area contributed by atoms with Gasteiger partial charge in [0.25, 0.3) is 0 Å². The van der Waals surface area contributed by atoms with Gasteiger partial charge in [-0.2, -0.15) is 0 Å². The predicted octanol–water partition coefficient (Wildman–Crippen LogP) is 4.88. The molecule has 0 atom stereocenters. The van der Waals surface area contributed by atoms with Crippen molar-refractivity contribution in [3.63, 3.8) is 0 Å². The third kappa shape index (κ3) is 4.65. The third-order valence-electron chi connectivity index (χ3n) is 5.37. The lowest BCUT2D eigenvalue weighted by Gasteiger charge is -2.38. The molecule has 0 unspecified atom stereocenters. The number of urea groups is 1. The minimum atomic E-state index is 0.0107. The van der Waals surface area contributed by atoms with Gasteiger partial charge in [0.05, 0.1) is 6.54 Å². The van der Waals surface area contributed by atoms with Crippen LogP contribution in [0.1, 0.15) is 35.8 Å². The first kappa shape index (κ1) is 18.9. The van der Waals surface area contributed by atoms with E-state index in [0.717, 1.165) is 38.2 Å². The van der Waals surface area contributed by atoms with E-state index in [4.69, 9.17) is 0 Å². The quantitative estimate of drug-likeness (QED) is 0.813. The molecule has 140 valence electrons. The highest BCUT2D eigenvalue weighted by Crippen LogP contribution is 2.23. The van der Waals surface area contributed by atoms with Crippen LogP contribution >= 0.6 is 11.3 Å². The normalized spacial score (nSPS) is 15.8. The van der Waals surface area contributed by atoms with Gasteiger partial charge < -0.3 is 15.1 Å². The Morgan fingerprint density at radius 2 is 2.00 bits per heavy atom.